The van der Waals surface area contributed by atoms with Gasteiger partial charge < -0.3 is 10.5 Å². The Bertz CT molecular complexity index is 431. The highest BCUT2D eigenvalue weighted by Crippen LogP contribution is 2.28. The largest absolute Gasteiger partial charge is 0.384 e. The first-order valence-corrected chi connectivity index (χ1v) is 7.66. The summed E-state index contributed by atoms with van der Waals surface area (Å²) < 4.78 is 5.33. The van der Waals surface area contributed by atoms with E-state index in [-0.39, 0.29) is 0 Å². The summed E-state index contributed by atoms with van der Waals surface area (Å²) in [7, 11) is 1.80. The van der Waals surface area contributed by atoms with Crippen LogP contribution in [0.5, 0.6) is 0 Å². The number of nitrogens with two attached hydrogens (primary N) is 1. The van der Waals surface area contributed by atoms with Crippen LogP contribution in [0.1, 0.15) is 35.6 Å². The molecule has 1 fully saturated rings. The molecule has 1 aromatic rings. The van der Waals surface area contributed by atoms with Gasteiger partial charge in [-0.1, -0.05) is 23.8 Å². The van der Waals surface area contributed by atoms with E-state index in [0.717, 1.165) is 19.7 Å². The number of hydrogen-bond donors (Lipinski definition) is 1. The molecule has 112 valence electrons. The zero-order chi connectivity index (χ0) is 14.5. The van der Waals surface area contributed by atoms with Crippen LogP contribution >= 0.6 is 0 Å². The Kier molecular flexibility index (Phi) is 5.58. The van der Waals surface area contributed by atoms with Gasteiger partial charge in [-0.05, 0) is 50.3 Å². The van der Waals surface area contributed by atoms with Gasteiger partial charge in [0, 0.05) is 26.2 Å². The molecule has 2 atom stereocenters. The molecule has 0 amide bonds. The predicted octanol–water partition coefficient (Wildman–Crippen LogP) is 2.66. The molecular weight excluding hydrogens is 248 g/mol. The monoisotopic (exact) mass is 276 g/mol. The van der Waals surface area contributed by atoms with Crippen molar-refractivity contribution in [2.45, 2.75) is 32.7 Å². The second-order valence-corrected chi connectivity index (χ2v) is 6.07. The Hall–Kier alpha value is -0.900. The van der Waals surface area contributed by atoms with Crippen LogP contribution in [0.15, 0.2) is 18.2 Å². The van der Waals surface area contributed by atoms with Crippen molar-refractivity contribution in [2.75, 3.05) is 33.4 Å². The second kappa shape index (κ2) is 7.21. The van der Waals surface area contributed by atoms with Crippen LogP contribution in [0.2, 0.25) is 0 Å². The molecule has 1 aromatic carbocycles. The fraction of sp³-hybridized carbons (Fsp3) is 0.647. The van der Waals surface area contributed by atoms with Gasteiger partial charge in [0.05, 0.1) is 6.61 Å². The van der Waals surface area contributed by atoms with E-state index in [1.165, 1.54) is 29.5 Å². The fourth-order valence-corrected chi connectivity index (χ4v) is 3.42. The lowest BCUT2D eigenvalue weighted by Crippen LogP contribution is -2.42. The normalized spacial score (nSPS) is 21.9. The third-order valence-electron chi connectivity index (χ3n) is 4.40. The molecule has 0 aliphatic carbocycles. The Balaban J connectivity index is 2.14. The first-order valence-electron chi connectivity index (χ1n) is 7.66. The number of hydrogen-bond acceptors (Lipinski definition) is 3. The summed E-state index contributed by atoms with van der Waals surface area (Å²) >= 11 is 0. The summed E-state index contributed by atoms with van der Waals surface area (Å²) in [4.78, 5) is 2.55. The molecular formula is C17H28N2O. The lowest BCUT2D eigenvalue weighted by atomic mass is 9.93. The zero-order valence-corrected chi connectivity index (χ0v) is 13.1. The van der Waals surface area contributed by atoms with E-state index in [0.29, 0.717) is 18.5 Å². The first-order chi connectivity index (χ1) is 9.65. The number of piperidine rings is 1. The molecule has 2 unspecified atom stereocenters. The minimum atomic E-state index is 0.343. The van der Waals surface area contributed by atoms with Gasteiger partial charge in [-0.25, -0.2) is 0 Å². The Morgan fingerprint density at radius 2 is 2.20 bits per heavy atom. The summed E-state index contributed by atoms with van der Waals surface area (Å²) in [5.74, 6) is 0.647. The highest BCUT2D eigenvalue weighted by atomic mass is 16.5. The van der Waals surface area contributed by atoms with E-state index >= 15 is 0 Å². The number of aryl methyl sites for hydroxylation is 2. The molecule has 3 nitrogen and oxygen atoms in total. The van der Waals surface area contributed by atoms with Crippen LogP contribution in [-0.2, 0) is 4.74 Å². The summed E-state index contributed by atoms with van der Waals surface area (Å²) in [6, 6.07) is 7.05. The van der Waals surface area contributed by atoms with Crippen molar-refractivity contribution in [3.05, 3.63) is 34.9 Å². The lowest BCUT2D eigenvalue weighted by Gasteiger charge is -2.38. The number of likely N-dealkylation sites (tertiary alicyclic amines) is 1. The third kappa shape index (κ3) is 3.60. The van der Waals surface area contributed by atoms with Crippen molar-refractivity contribution in [3.8, 4) is 0 Å². The Labute approximate surface area is 123 Å². The second-order valence-electron chi connectivity index (χ2n) is 6.07. The number of ether oxygens (including phenoxy) is 1. The van der Waals surface area contributed by atoms with Crippen LogP contribution < -0.4 is 5.73 Å². The SMILES string of the molecule is COCC1CCCN(C(CN)c2ccc(C)cc2C)C1. The van der Waals surface area contributed by atoms with Gasteiger partial charge in [-0.15, -0.1) is 0 Å². The average molecular weight is 276 g/mol. The first kappa shape index (κ1) is 15.5. The molecule has 1 aliphatic rings. The van der Waals surface area contributed by atoms with Crippen molar-refractivity contribution in [2.24, 2.45) is 11.7 Å². The quantitative estimate of drug-likeness (QED) is 0.898. The molecule has 3 heteroatoms. The van der Waals surface area contributed by atoms with Crippen molar-refractivity contribution in [1.29, 1.82) is 0 Å². The van der Waals surface area contributed by atoms with Gasteiger partial charge in [0.1, 0.15) is 0 Å². The topological polar surface area (TPSA) is 38.5 Å². The molecule has 1 aliphatic heterocycles. The van der Waals surface area contributed by atoms with Gasteiger partial charge in [-0.2, -0.15) is 0 Å². The van der Waals surface area contributed by atoms with Crippen molar-refractivity contribution < 1.29 is 4.74 Å². The molecule has 20 heavy (non-hydrogen) atoms. The maximum atomic E-state index is 6.09. The van der Waals surface area contributed by atoms with E-state index in [1.54, 1.807) is 7.11 Å². The van der Waals surface area contributed by atoms with E-state index in [4.69, 9.17) is 10.5 Å². The molecule has 1 saturated heterocycles. The Morgan fingerprint density at radius 1 is 1.40 bits per heavy atom. The van der Waals surface area contributed by atoms with Gasteiger partial charge in [-0.3, -0.25) is 4.90 Å². The number of benzene rings is 1. The van der Waals surface area contributed by atoms with E-state index in [2.05, 4.69) is 36.9 Å². The number of methoxy groups -OCH3 is 1. The highest BCUT2D eigenvalue weighted by molar-refractivity contribution is 5.33. The fourth-order valence-electron chi connectivity index (χ4n) is 3.42. The summed E-state index contributed by atoms with van der Waals surface area (Å²) in [5, 5.41) is 0. The van der Waals surface area contributed by atoms with Crippen LogP contribution in [0, 0.1) is 19.8 Å². The van der Waals surface area contributed by atoms with Crippen LogP contribution in [-0.4, -0.2) is 38.3 Å². The maximum absolute atomic E-state index is 6.09. The van der Waals surface area contributed by atoms with Gasteiger partial charge >= 0.3 is 0 Å². The molecule has 0 radical (unpaired) electrons. The lowest BCUT2D eigenvalue weighted by molar-refractivity contribution is 0.0695. The molecule has 0 spiro atoms. The maximum Gasteiger partial charge on any atom is 0.0502 e. The molecule has 0 bridgehead atoms. The molecule has 2 rings (SSSR count). The van der Waals surface area contributed by atoms with Gasteiger partial charge in [0.15, 0.2) is 0 Å². The van der Waals surface area contributed by atoms with Crippen LogP contribution in [0.3, 0.4) is 0 Å². The molecule has 0 aromatic heterocycles. The molecule has 2 N–H and O–H groups in total. The van der Waals surface area contributed by atoms with Gasteiger partial charge in [0.25, 0.3) is 0 Å². The average Bonchev–Trinajstić information content (AvgIpc) is 2.43. The highest BCUT2D eigenvalue weighted by Gasteiger charge is 2.26. The predicted molar refractivity (Wildman–Crippen MR) is 83.9 cm³/mol. The van der Waals surface area contributed by atoms with Crippen molar-refractivity contribution in [1.82, 2.24) is 4.90 Å². The molecule has 1 heterocycles. The smallest absolute Gasteiger partial charge is 0.0502 e. The third-order valence-corrected chi connectivity index (χ3v) is 4.40. The number of rotatable bonds is 5. The van der Waals surface area contributed by atoms with E-state index in [9.17, 15) is 0 Å². The van der Waals surface area contributed by atoms with Gasteiger partial charge in [0.2, 0.25) is 0 Å². The van der Waals surface area contributed by atoms with Crippen LogP contribution in [0.25, 0.3) is 0 Å². The van der Waals surface area contributed by atoms with Crippen LogP contribution in [0.4, 0.5) is 0 Å². The number of nitrogens with zero attached hydrogens (tertiary/aromatic N) is 1. The summed E-state index contributed by atoms with van der Waals surface area (Å²) in [6.45, 7) is 8.13. The minimum Gasteiger partial charge on any atom is -0.384 e. The minimum absolute atomic E-state index is 0.343. The van der Waals surface area contributed by atoms with Crippen molar-refractivity contribution in [3.63, 3.8) is 0 Å². The van der Waals surface area contributed by atoms with Crippen molar-refractivity contribution >= 4 is 0 Å². The van der Waals surface area contributed by atoms with E-state index < -0.39 is 0 Å². The standard InChI is InChI=1S/C17H28N2O/c1-13-6-7-16(14(2)9-13)17(10-18)19-8-4-5-15(11-19)12-20-3/h6-7,9,15,17H,4-5,8,10-12,18H2,1-3H3. The molecule has 0 saturated carbocycles. The Morgan fingerprint density at radius 3 is 2.85 bits per heavy atom. The zero-order valence-electron chi connectivity index (χ0n) is 13.1. The summed E-state index contributed by atoms with van der Waals surface area (Å²) in [6.07, 6.45) is 2.52. The summed E-state index contributed by atoms with van der Waals surface area (Å²) in [5.41, 5.74) is 10.1. The van der Waals surface area contributed by atoms with E-state index in [1.807, 2.05) is 0 Å².